The normalized spacial score (nSPS) is 10.7. The number of hydrogen-bond acceptors (Lipinski definition) is 3. The van der Waals surface area contributed by atoms with Crippen molar-refractivity contribution < 1.29 is 14.3 Å². The van der Waals surface area contributed by atoms with Gasteiger partial charge >= 0.3 is 5.97 Å². The molecule has 0 saturated carbocycles. The molecule has 0 aromatic carbocycles. The van der Waals surface area contributed by atoms with Gasteiger partial charge in [-0.05, 0) is 26.2 Å². The van der Waals surface area contributed by atoms with Crippen LogP contribution in [0, 0.1) is 0 Å². The molecule has 0 radical (unpaired) electrons. The quantitative estimate of drug-likeness (QED) is 0.192. The molecule has 0 saturated heterocycles. The Labute approximate surface area is 143 Å². The Kier molecular flexibility index (Phi) is 16.9. The highest BCUT2D eigenvalue weighted by atomic mass is 16.5. The van der Waals surface area contributed by atoms with Gasteiger partial charge in [0, 0.05) is 18.8 Å². The van der Waals surface area contributed by atoms with Gasteiger partial charge < -0.3 is 9.47 Å². The maximum atomic E-state index is 11.2. The number of carbonyl (C=O) groups is 1. The van der Waals surface area contributed by atoms with E-state index in [1.165, 1.54) is 64.2 Å². The second-order valence-electron chi connectivity index (χ2n) is 6.42. The number of esters is 1. The average molecular weight is 327 g/mol. The molecule has 0 aliphatic carbocycles. The van der Waals surface area contributed by atoms with Gasteiger partial charge in [-0.2, -0.15) is 0 Å². The number of ether oxygens (including phenoxy) is 2. The summed E-state index contributed by atoms with van der Waals surface area (Å²) in [6.45, 7) is 9.85. The summed E-state index contributed by atoms with van der Waals surface area (Å²) < 4.78 is 10.7. The van der Waals surface area contributed by atoms with Crippen LogP contribution in [0.3, 0.4) is 0 Å². The Morgan fingerprint density at radius 2 is 1.17 bits per heavy atom. The predicted molar refractivity (Wildman–Crippen MR) is 97.7 cm³/mol. The zero-order valence-electron chi connectivity index (χ0n) is 15.5. The van der Waals surface area contributed by atoms with Crippen LogP contribution in [0.2, 0.25) is 0 Å². The molecule has 0 unspecified atom stereocenters. The van der Waals surface area contributed by atoms with Crippen LogP contribution < -0.4 is 0 Å². The molecule has 0 aliphatic rings. The van der Waals surface area contributed by atoms with E-state index >= 15 is 0 Å². The lowest BCUT2D eigenvalue weighted by molar-refractivity contribution is -0.139. The molecule has 0 heterocycles. The topological polar surface area (TPSA) is 35.5 Å². The highest BCUT2D eigenvalue weighted by Crippen LogP contribution is 2.07. The lowest BCUT2D eigenvalue weighted by Crippen LogP contribution is -2.06. The van der Waals surface area contributed by atoms with Crippen molar-refractivity contribution in [2.24, 2.45) is 0 Å². The molecule has 0 spiro atoms. The maximum absolute atomic E-state index is 11.2. The van der Waals surface area contributed by atoms with Crippen LogP contribution in [0.4, 0.5) is 0 Å². The second kappa shape index (κ2) is 17.5. The van der Waals surface area contributed by atoms with Crippen molar-refractivity contribution >= 4 is 5.97 Å². The standard InChI is InChI=1S/C20H38O3/c1-4-5-6-7-10-13-16-22-17-14-11-8-9-12-15-18-23-20(21)19(2)3/h2,4-18H2,1,3H3. The van der Waals surface area contributed by atoms with Gasteiger partial charge in [0.2, 0.25) is 0 Å². The third-order valence-electron chi connectivity index (χ3n) is 3.91. The third kappa shape index (κ3) is 17.4. The van der Waals surface area contributed by atoms with Crippen LogP contribution in [0.5, 0.6) is 0 Å². The lowest BCUT2D eigenvalue weighted by Gasteiger charge is -2.05. The molecule has 0 atom stereocenters. The van der Waals surface area contributed by atoms with E-state index < -0.39 is 0 Å². The molecule has 0 amide bonds. The van der Waals surface area contributed by atoms with Crippen molar-refractivity contribution in [2.45, 2.75) is 90.9 Å². The van der Waals surface area contributed by atoms with Gasteiger partial charge in [0.25, 0.3) is 0 Å². The number of rotatable bonds is 17. The van der Waals surface area contributed by atoms with Crippen molar-refractivity contribution in [2.75, 3.05) is 19.8 Å². The molecule has 0 rings (SSSR count). The molecule has 0 aromatic rings. The van der Waals surface area contributed by atoms with E-state index in [4.69, 9.17) is 9.47 Å². The zero-order valence-corrected chi connectivity index (χ0v) is 15.5. The first-order chi connectivity index (χ1) is 11.2. The van der Waals surface area contributed by atoms with Crippen LogP contribution in [0.15, 0.2) is 12.2 Å². The molecular formula is C20H38O3. The monoisotopic (exact) mass is 326 g/mol. The van der Waals surface area contributed by atoms with Gasteiger partial charge in [0.15, 0.2) is 0 Å². The summed E-state index contributed by atoms with van der Waals surface area (Å²) in [4.78, 5) is 11.2. The van der Waals surface area contributed by atoms with Crippen LogP contribution in [-0.4, -0.2) is 25.8 Å². The van der Waals surface area contributed by atoms with Crippen molar-refractivity contribution in [3.8, 4) is 0 Å². The van der Waals surface area contributed by atoms with Crippen LogP contribution in [0.25, 0.3) is 0 Å². The molecule has 136 valence electrons. The van der Waals surface area contributed by atoms with Gasteiger partial charge in [-0.25, -0.2) is 4.79 Å². The van der Waals surface area contributed by atoms with Crippen LogP contribution >= 0.6 is 0 Å². The Morgan fingerprint density at radius 3 is 1.65 bits per heavy atom. The first kappa shape index (κ1) is 22.2. The molecule has 0 aliphatic heterocycles. The van der Waals surface area contributed by atoms with Crippen molar-refractivity contribution in [1.82, 2.24) is 0 Å². The minimum absolute atomic E-state index is 0.271. The average Bonchev–Trinajstić information content (AvgIpc) is 2.54. The van der Waals surface area contributed by atoms with Crippen molar-refractivity contribution in [1.29, 1.82) is 0 Å². The van der Waals surface area contributed by atoms with Crippen molar-refractivity contribution in [3.63, 3.8) is 0 Å². The Bertz CT molecular complexity index is 287. The minimum Gasteiger partial charge on any atom is -0.462 e. The Balaban J connectivity index is 3.05. The number of carbonyl (C=O) groups excluding carboxylic acids is 1. The molecule has 0 fully saturated rings. The molecule has 0 bridgehead atoms. The molecule has 0 N–H and O–H groups in total. The van der Waals surface area contributed by atoms with Gasteiger partial charge in [-0.1, -0.05) is 71.3 Å². The van der Waals surface area contributed by atoms with E-state index in [9.17, 15) is 4.79 Å². The van der Waals surface area contributed by atoms with E-state index in [0.717, 1.165) is 26.1 Å². The molecule has 3 nitrogen and oxygen atoms in total. The summed E-state index contributed by atoms with van der Waals surface area (Å²) in [5, 5.41) is 0. The summed E-state index contributed by atoms with van der Waals surface area (Å²) in [6.07, 6.45) is 14.9. The zero-order chi connectivity index (χ0) is 17.2. The van der Waals surface area contributed by atoms with Gasteiger partial charge in [-0.3, -0.25) is 0 Å². The number of hydrogen-bond donors (Lipinski definition) is 0. The minimum atomic E-state index is -0.271. The second-order valence-corrected chi connectivity index (χ2v) is 6.42. The predicted octanol–water partition coefficient (Wildman–Crippen LogP) is 5.82. The summed E-state index contributed by atoms with van der Waals surface area (Å²) in [6, 6.07) is 0. The Hall–Kier alpha value is -0.830. The van der Waals surface area contributed by atoms with Gasteiger partial charge in [0.05, 0.1) is 6.61 Å². The SMILES string of the molecule is C=C(C)C(=O)OCCCCCCCCOCCCCCCCC. The summed E-state index contributed by atoms with van der Waals surface area (Å²) in [5.74, 6) is -0.271. The fourth-order valence-electron chi connectivity index (χ4n) is 2.39. The highest BCUT2D eigenvalue weighted by molar-refractivity contribution is 5.86. The van der Waals surface area contributed by atoms with Crippen molar-refractivity contribution in [3.05, 3.63) is 12.2 Å². The van der Waals surface area contributed by atoms with E-state index in [0.29, 0.717) is 12.2 Å². The summed E-state index contributed by atoms with van der Waals surface area (Å²) in [7, 11) is 0. The highest BCUT2D eigenvalue weighted by Gasteiger charge is 2.01. The fraction of sp³-hybridized carbons (Fsp3) is 0.850. The van der Waals surface area contributed by atoms with Crippen LogP contribution in [0.1, 0.15) is 90.9 Å². The lowest BCUT2D eigenvalue weighted by atomic mass is 10.1. The third-order valence-corrected chi connectivity index (χ3v) is 3.91. The first-order valence-electron chi connectivity index (χ1n) is 9.58. The van der Waals surface area contributed by atoms with E-state index in [1.54, 1.807) is 6.92 Å². The molecule has 23 heavy (non-hydrogen) atoms. The largest absolute Gasteiger partial charge is 0.462 e. The van der Waals surface area contributed by atoms with E-state index in [1.807, 2.05) is 0 Å². The van der Waals surface area contributed by atoms with Crippen LogP contribution in [-0.2, 0) is 14.3 Å². The van der Waals surface area contributed by atoms with Gasteiger partial charge in [-0.15, -0.1) is 0 Å². The summed E-state index contributed by atoms with van der Waals surface area (Å²) in [5.41, 5.74) is 0.478. The number of unbranched alkanes of at least 4 members (excludes halogenated alkanes) is 10. The molecule has 0 aromatic heterocycles. The fourth-order valence-corrected chi connectivity index (χ4v) is 2.39. The smallest absolute Gasteiger partial charge is 0.333 e. The van der Waals surface area contributed by atoms with E-state index in [-0.39, 0.29) is 5.97 Å². The maximum Gasteiger partial charge on any atom is 0.333 e. The first-order valence-corrected chi connectivity index (χ1v) is 9.58. The molecular weight excluding hydrogens is 288 g/mol. The molecule has 3 heteroatoms. The van der Waals surface area contributed by atoms with E-state index in [2.05, 4.69) is 13.5 Å². The Morgan fingerprint density at radius 1 is 0.739 bits per heavy atom. The summed E-state index contributed by atoms with van der Waals surface area (Å²) >= 11 is 0. The van der Waals surface area contributed by atoms with Gasteiger partial charge in [0.1, 0.15) is 0 Å².